The highest BCUT2D eigenvalue weighted by atomic mass is 32.1. The van der Waals surface area contributed by atoms with Crippen LogP contribution in [0.2, 0.25) is 0 Å². The van der Waals surface area contributed by atoms with Crippen molar-refractivity contribution >= 4 is 17.2 Å². The third-order valence-corrected chi connectivity index (χ3v) is 2.75. The zero-order valence-corrected chi connectivity index (χ0v) is 10.3. The van der Waals surface area contributed by atoms with Crippen LogP contribution in [0.4, 0.5) is 0 Å². The maximum Gasteiger partial charge on any atom is 0.262 e. The number of hydrogen-bond acceptors (Lipinski definition) is 2. The van der Waals surface area contributed by atoms with Gasteiger partial charge in [0.2, 0.25) is 0 Å². The Bertz CT molecular complexity index is 637. The van der Waals surface area contributed by atoms with Gasteiger partial charge in [-0.15, -0.1) is 0 Å². The summed E-state index contributed by atoms with van der Waals surface area (Å²) in [5.41, 5.74) is 1.52. The van der Waals surface area contributed by atoms with Crippen LogP contribution in [0.5, 0.6) is 0 Å². The molecule has 2 rings (SSSR count). The van der Waals surface area contributed by atoms with Gasteiger partial charge in [0, 0.05) is 28.5 Å². The Morgan fingerprint density at radius 2 is 1.94 bits per heavy atom. The fourth-order valence-corrected chi connectivity index (χ4v) is 1.81. The van der Waals surface area contributed by atoms with Gasteiger partial charge in [-0.05, 0) is 29.5 Å². The molecule has 1 aromatic carbocycles. The van der Waals surface area contributed by atoms with Gasteiger partial charge < -0.3 is 0 Å². The highest BCUT2D eigenvalue weighted by molar-refractivity contribution is 7.08. The number of amides is 1. The van der Waals surface area contributed by atoms with Gasteiger partial charge in [-0.2, -0.15) is 11.3 Å². The Balaban J connectivity index is 1.91. The van der Waals surface area contributed by atoms with Crippen LogP contribution in [0.25, 0.3) is 0 Å². The molecule has 0 saturated carbocycles. The molecule has 0 aliphatic carbocycles. The van der Waals surface area contributed by atoms with E-state index in [9.17, 15) is 4.79 Å². The van der Waals surface area contributed by atoms with E-state index in [4.69, 9.17) is 0 Å². The molecule has 86 valence electrons. The number of rotatable bonds is 1. The topological polar surface area (TPSA) is 29.1 Å². The zero-order valence-electron chi connectivity index (χ0n) is 9.44. The van der Waals surface area contributed by atoms with Crippen molar-refractivity contribution in [1.82, 2.24) is 5.32 Å². The van der Waals surface area contributed by atoms with E-state index >= 15 is 0 Å². The van der Waals surface area contributed by atoms with Crippen molar-refractivity contribution in [2.24, 2.45) is 0 Å². The fraction of sp³-hybridized carbons (Fsp3) is 0. The van der Waals surface area contributed by atoms with Gasteiger partial charge in [0.05, 0.1) is 0 Å². The largest absolute Gasteiger partial charge is 0.280 e. The molecule has 0 aliphatic heterocycles. The van der Waals surface area contributed by atoms with Crippen LogP contribution in [0.1, 0.15) is 15.9 Å². The lowest BCUT2D eigenvalue weighted by molar-refractivity contribution is 0.0973. The van der Waals surface area contributed by atoms with Crippen molar-refractivity contribution in [1.29, 1.82) is 0 Å². The number of carbonyl (C=O) groups excluding carboxylic acids is 1. The molecule has 0 atom stereocenters. The van der Waals surface area contributed by atoms with Gasteiger partial charge in [0.25, 0.3) is 5.91 Å². The quantitative estimate of drug-likeness (QED) is 0.612. The SMILES string of the molecule is O=C(NC#CC#Cc1ccsc1)c1ccccc1. The summed E-state index contributed by atoms with van der Waals surface area (Å²) in [7, 11) is 0. The molecule has 0 bridgehead atoms. The lowest BCUT2D eigenvalue weighted by Crippen LogP contribution is -2.17. The number of carbonyl (C=O) groups is 1. The van der Waals surface area contributed by atoms with Crippen LogP contribution in [-0.4, -0.2) is 5.91 Å². The van der Waals surface area contributed by atoms with E-state index in [1.54, 1.807) is 35.6 Å². The van der Waals surface area contributed by atoms with Crippen LogP contribution >= 0.6 is 11.3 Å². The molecule has 3 heteroatoms. The van der Waals surface area contributed by atoms with Gasteiger partial charge in [-0.3, -0.25) is 10.1 Å². The molecule has 0 aliphatic rings. The lowest BCUT2D eigenvalue weighted by atomic mass is 10.2. The Morgan fingerprint density at radius 3 is 2.67 bits per heavy atom. The van der Waals surface area contributed by atoms with Crippen LogP contribution < -0.4 is 5.32 Å². The summed E-state index contributed by atoms with van der Waals surface area (Å²) in [6, 6.07) is 13.4. The van der Waals surface area contributed by atoms with Crippen molar-refractivity contribution < 1.29 is 4.79 Å². The highest BCUT2D eigenvalue weighted by Gasteiger charge is 2.00. The van der Waals surface area contributed by atoms with Gasteiger partial charge in [-0.25, -0.2) is 0 Å². The molecular weight excluding hydrogens is 242 g/mol. The Morgan fingerprint density at radius 1 is 1.11 bits per heavy atom. The zero-order chi connectivity index (χ0) is 12.6. The van der Waals surface area contributed by atoms with E-state index in [0.29, 0.717) is 5.56 Å². The summed E-state index contributed by atoms with van der Waals surface area (Å²) in [5.74, 6) is 7.91. The van der Waals surface area contributed by atoms with E-state index in [-0.39, 0.29) is 5.91 Å². The second-order valence-corrected chi connectivity index (χ2v) is 4.11. The number of hydrogen-bond donors (Lipinski definition) is 1. The first-order chi connectivity index (χ1) is 8.86. The standard InChI is InChI=1S/C15H9NOS/c17-15(14-7-2-1-3-8-14)16-10-5-4-6-13-9-11-18-12-13/h1-3,7-9,11-12H,(H,16,17). The smallest absolute Gasteiger partial charge is 0.262 e. The molecule has 0 radical (unpaired) electrons. The average Bonchev–Trinajstić information content (AvgIpc) is 2.92. The van der Waals surface area contributed by atoms with Crippen LogP contribution in [0, 0.1) is 23.8 Å². The van der Waals surface area contributed by atoms with Crippen LogP contribution in [0.3, 0.4) is 0 Å². The van der Waals surface area contributed by atoms with Crippen molar-refractivity contribution in [2.45, 2.75) is 0 Å². The molecule has 2 aromatic rings. The summed E-state index contributed by atoms with van der Waals surface area (Å²) in [6.45, 7) is 0. The van der Waals surface area contributed by atoms with E-state index < -0.39 is 0 Å². The fourth-order valence-electron chi connectivity index (χ4n) is 1.22. The molecule has 0 saturated heterocycles. The number of benzene rings is 1. The maximum atomic E-state index is 11.6. The molecule has 2 nitrogen and oxygen atoms in total. The normalized spacial score (nSPS) is 8.44. The Hall–Kier alpha value is -2.49. The molecule has 1 aromatic heterocycles. The minimum atomic E-state index is -0.222. The highest BCUT2D eigenvalue weighted by Crippen LogP contribution is 2.02. The van der Waals surface area contributed by atoms with E-state index in [0.717, 1.165) is 5.56 Å². The minimum Gasteiger partial charge on any atom is -0.280 e. The summed E-state index contributed by atoms with van der Waals surface area (Å²) < 4.78 is 0. The first-order valence-electron chi connectivity index (χ1n) is 5.25. The first kappa shape index (κ1) is 12.0. The monoisotopic (exact) mass is 251 g/mol. The molecule has 0 unspecified atom stereocenters. The Kier molecular flexibility index (Phi) is 4.19. The number of thiophene rings is 1. The molecular formula is C15H9NOS. The molecule has 1 heterocycles. The van der Waals surface area contributed by atoms with Crippen molar-refractivity contribution in [3.05, 3.63) is 58.3 Å². The van der Waals surface area contributed by atoms with Crippen molar-refractivity contribution in [2.75, 3.05) is 0 Å². The third kappa shape index (κ3) is 3.52. The summed E-state index contributed by atoms with van der Waals surface area (Å²) in [6.07, 6.45) is 0. The van der Waals surface area contributed by atoms with Gasteiger partial charge in [0.1, 0.15) is 0 Å². The average molecular weight is 251 g/mol. The summed E-state index contributed by atoms with van der Waals surface area (Å²) >= 11 is 1.59. The van der Waals surface area contributed by atoms with E-state index in [1.165, 1.54) is 0 Å². The van der Waals surface area contributed by atoms with Crippen molar-refractivity contribution in [3.63, 3.8) is 0 Å². The van der Waals surface area contributed by atoms with Gasteiger partial charge in [-0.1, -0.05) is 24.1 Å². The second-order valence-electron chi connectivity index (χ2n) is 3.33. The van der Waals surface area contributed by atoms with Gasteiger partial charge >= 0.3 is 0 Å². The van der Waals surface area contributed by atoms with Crippen LogP contribution in [-0.2, 0) is 0 Å². The van der Waals surface area contributed by atoms with Crippen molar-refractivity contribution in [3.8, 4) is 23.8 Å². The third-order valence-electron chi connectivity index (χ3n) is 2.07. The molecule has 1 N–H and O–H groups in total. The molecule has 0 spiro atoms. The number of nitrogens with one attached hydrogen (secondary N) is 1. The van der Waals surface area contributed by atoms with E-state index in [2.05, 4.69) is 29.1 Å². The summed E-state index contributed by atoms with van der Waals surface area (Å²) in [4.78, 5) is 11.6. The first-order valence-corrected chi connectivity index (χ1v) is 6.19. The maximum absolute atomic E-state index is 11.6. The van der Waals surface area contributed by atoms with E-state index in [1.807, 2.05) is 22.9 Å². The molecule has 1 amide bonds. The van der Waals surface area contributed by atoms with Gasteiger partial charge in [0.15, 0.2) is 0 Å². The Labute approximate surface area is 110 Å². The molecule has 0 fully saturated rings. The molecule has 18 heavy (non-hydrogen) atoms. The predicted molar refractivity (Wildman–Crippen MR) is 72.9 cm³/mol. The lowest BCUT2D eigenvalue weighted by Gasteiger charge is -1.95. The van der Waals surface area contributed by atoms with Crippen LogP contribution in [0.15, 0.2) is 47.2 Å². The predicted octanol–water partition coefficient (Wildman–Crippen LogP) is 2.49. The minimum absolute atomic E-state index is 0.222. The second kappa shape index (κ2) is 6.30. The summed E-state index contributed by atoms with van der Waals surface area (Å²) in [5, 5.41) is 6.37.